The molecular weight excluding hydrogens is 516 g/mol. The van der Waals surface area contributed by atoms with Gasteiger partial charge in [-0.1, -0.05) is 60.7 Å². The molecule has 0 aliphatic carbocycles. The van der Waals surface area contributed by atoms with E-state index < -0.39 is 0 Å². The summed E-state index contributed by atoms with van der Waals surface area (Å²) in [5.41, 5.74) is 3.79. The maximum Gasteiger partial charge on any atom is 0.266 e. The number of carbonyl (C=O) groups excluding carboxylic acids is 1. The second-order valence-electron chi connectivity index (χ2n) is 10.1. The van der Waals surface area contributed by atoms with Crippen LogP contribution in [0.1, 0.15) is 30.0 Å². The molecule has 2 heterocycles. The number of aryl methyl sites for hydroxylation is 1. The number of ether oxygens (including phenoxy) is 2. The van der Waals surface area contributed by atoms with Gasteiger partial charge in [0.1, 0.15) is 0 Å². The Labute approximate surface area is 240 Å². The predicted octanol–water partition coefficient (Wildman–Crippen LogP) is 4.64. The summed E-state index contributed by atoms with van der Waals surface area (Å²) in [5, 5.41) is 4.55. The minimum atomic E-state index is -0.192. The van der Waals surface area contributed by atoms with E-state index >= 15 is 0 Å². The molecule has 5 rings (SSSR count). The Morgan fingerprint density at radius 1 is 0.805 bits per heavy atom. The van der Waals surface area contributed by atoms with Crippen LogP contribution >= 0.6 is 0 Å². The molecular formula is C33H36N4O4. The lowest BCUT2D eigenvalue weighted by atomic mass is 9.96. The van der Waals surface area contributed by atoms with Gasteiger partial charge in [-0.2, -0.15) is 5.10 Å². The molecule has 0 bridgehead atoms. The first kappa shape index (κ1) is 28.1. The zero-order chi connectivity index (χ0) is 28.6. The lowest BCUT2D eigenvalue weighted by molar-refractivity contribution is -0.133. The Kier molecular flexibility index (Phi) is 9.11. The third kappa shape index (κ3) is 6.66. The van der Waals surface area contributed by atoms with Crippen LogP contribution in [0.15, 0.2) is 95.8 Å². The van der Waals surface area contributed by atoms with Crippen LogP contribution in [-0.4, -0.2) is 65.9 Å². The molecule has 8 heteroatoms. The first-order chi connectivity index (χ1) is 20.1. The average molecular weight is 553 g/mol. The number of hydrogen-bond donors (Lipinski definition) is 0. The third-order valence-electron chi connectivity index (χ3n) is 7.57. The molecule has 212 valence electrons. The first-order valence-electron chi connectivity index (χ1n) is 14.0. The molecule has 0 saturated carbocycles. The molecule has 1 saturated heterocycles. The van der Waals surface area contributed by atoms with E-state index in [2.05, 4.69) is 58.5 Å². The van der Waals surface area contributed by atoms with Crippen molar-refractivity contribution in [3.05, 3.63) is 112 Å². The fourth-order valence-corrected chi connectivity index (χ4v) is 5.41. The minimum absolute atomic E-state index is 0.115. The summed E-state index contributed by atoms with van der Waals surface area (Å²) in [6.07, 6.45) is 0.910. The first-order valence-corrected chi connectivity index (χ1v) is 14.0. The number of hydrogen-bond acceptors (Lipinski definition) is 6. The van der Waals surface area contributed by atoms with E-state index in [0.29, 0.717) is 49.7 Å². The normalized spacial score (nSPS) is 13.8. The quantitative estimate of drug-likeness (QED) is 0.285. The summed E-state index contributed by atoms with van der Waals surface area (Å²) < 4.78 is 12.1. The molecule has 3 aromatic carbocycles. The van der Waals surface area contributed by atoms with Crippen molar-refractivity contribution in [2.45, 2.75) is 25.4 Å². The van der Waals surface area contributed by atoms with E-state index in [1.807, 2.05) is 35.2 Å². The number of amides is 1. The number of aromatic nitrogens is 2. The largest absolute Gasteiger partial charge is 0.493 e. The second kappa shape index (κ2) is 13.3. The molecule has 1 fully saturated rings. The summed E-state index contributed by atoms with van der Waals surface area (Å²) in [7, 11) is 3.17. The fourth-order valence-electron chi connectivity index (χ4n) is 5.41. The molecule has 8 nitrogen and oxygen atoms in total. The van der Waals surface area contributed by atoms with Gasteiger partial charge in [-0.15, -0.1) is 0 Å². The highest BCUT2D eigenvalue weighted by molar-refractivity contribution is 5.76. The summed E-state index contributed by atoms with van der Waals surface area (Å²) in [5.74, 6) is 1.33. The standard InChI is InChI=1S/C33H36N4O4/c1-40-29-17-15-27(24-30(29)41-2)28-16-18-32(39)37(34-28)19-9-14-31(38)35-20-22-36(23-21-35)33(25-10-5-3-6-11-25)26-12-7-4-8-13-26/h3-8,10-13,15-18,24,33H,9,14,19-23H2,1-2H3. The lowest BCUT2D eigenvalue weighted by Crippen LogP contribution is -2.49. The van der Waals surface area contributed by atoms with E-state index in [9.17, 15) is 9.59 Å². The van der Waals surface area contributed by atoms with E-state index in [1.54, 1.807) is 20.3 Å². The summed E-state index contributed by atoms with van der Waals surface area (Å²) in [4.78, 5) is 30.0. The van der Waals surface area contributed by atoms with Crippen LogP contribution in [0.2, 0.25) is 0 Å². The SMILES string of the molecule is COc1ccc(-c2ccc(=O)n(CCCC(=O)N3CCN(C(c4ccccc4)c4ccccc4)CC3)n2)cc1OC. The van der Waals surface area contributed by atoms with Crippen LogP contribution in [-0.2, 0) is 11.3 Å². The number of carbonyl (C=O) groups is 1. The Morgan fingerprint density at radius 3 is 2.05 bits per heavy atom. The smallest absolute Gasteiger partial charge is 0.266 e. The van der Waals surface area contributed by atoms with Crippen molar-refractivity contribution in [2.75, 3.05) is 40.4 Å². The van der Waals surface area contributed by atoms with Crippen molar-refractivity contribution in [3.8, 4) is 22.8 Å². The minimum Gasteiger partial charge on any atom is -0.493 e. The van der Waals surface area contributed by atoms with Crippen LogP contribution in [0.3, 0.4) is 0 Å². The van der Waals surface area contributed by atoms with Gasteiger partial charge in [0, 0.05) is 50.8 Å². The van der Waals surface area contributed by atoms with E-state index in [0.717, 1.165) is 18.7 Å². The van der Waals surface area contributed by atoms with Gasteiger partial charge in [0.2, 0.25) is 5.91 Å². The number of rotatable bonds is 10. The molecule has 0 atom stereocenters. The number of benzene rings is 3. The highest BCUT2D eigenvalue weighted by atomic mass is 16.5. The molecule has 41 heavy (non-hydrogen) atoms. The van der Waals surface area contributed by atoms with Crippen LogP contribution in [0, 0.1) is 0 Å². The molecule has 0 N–H and O–H groups in total. The summed E-state index contributed by atoms with van der Waals surface area (Å²) in [6.45, 7) is 3.34. The fraction of sp³-hybridized carbons (Fsp3) is 0.303. The van der Waals surface area contributed by atoms with Gasteiger partial charge in [-0.05, 0) is 41.8 Å². The van der Waals surface area contributed by atoms with E-state index in [-0.39, 0.29) is 17.5 Å². The van der Waals surface area contributed by atoms with Gasteiger partial charge in [0.25, 0.3) is 5.56 Å². The molecule has 1 aromatic heterocycles. The Hall–Kier alpha value is -4.43. The molecule has 1 aliphatic rings. The highest BCUT2D eigenvalue weighted by Gasteiger charge is 2.28. The van der Waals surface area contributed by atoms with Gasteiger partial charge < -0.3 is 14.4 Å². The maximum atomic E-state index is 13.1. The van der Waals surface area contributed by atoms with Crippen molar-refractivity contribution >= 4 is 5.91 Å². The Bertz CT molecular complexity index is 1460. The zero-order valence-corrected chi connectivity index (χ0v) is 23.6. The van der Waals surface area contributed by atoms with Crippen LogP contribution in [0.5, 0.6) is 11.5 Å². The van der Waals surface area contributed by atoms with Gasteiger partial charge in [0.05, 0.1) is 26.0 Å². The topological polar surface area (TPSA) is 76.9 Å². The van der Waals surface area contributed by atoms with Crippen molar-refractivity contribution < 1.29 is 14.3 Å². The highest BCUT2D eigenvalue weighted by Crippen LogP contribution is 2.31. The van der Waals surface area contributed by atoms with Crippen LogP contribution < -0.4 is 15.0 Å². The summed E-state index contributed by atoms with van der Waals surface area (Å²) in [6, 6.07) is 30.0. The molecule has 1 aliphatic heterocycles. The molecule has 0 spiro atoms. The maximum absolute atomic E-state index is 13.1. The van der Waals surface area contributed by atoms with Gasteiger partial charge in [-0.25, -0.2) is 4.68 Å². The van der Waals surface area contributed by atoms with Gasteiger partial charge in [-0.3, -0.25) is 14.5 Å². The average Bonchev–Trinajstić information content (AvgIpc) is 3.03. The molecule has 0 radical (unpaired) electrons. The van der Waals surface area contributed by atoms with Crippen molar-refractivity contribution in [3.63, 3.8) is 0 Å². The molecule has 1 amide bonds. The van der Waals surface area contributed by atoms with Crippen molar-refractivity contribution in [2.24, 2.45) is 0 Å². The van der Waals surface area contributed by atoms with Gasteiger partial charge in [0.15, 0.2) is 11.5 Å². The number of piperazine rings is 1. The van der Waals surface area contributed by atoms with Crippen molar-refractivity contribution in [1.82, 2.24) is 19.6 Å². The molecule has 4 aromatic rings. The van der Waals surface area contributed by atoms with Crippen LogP contribution in [0.25, 0.3) is 11.3 Å². The molecule has 0 unspecified atom stereocenters. The number of nitrogens with zero attached hydrogens (tertiary/aromatic N) is 4. The Morgan fingerprint density at radius 2 is 1.44 bits per heavy atom. The van der Waals surface area contributed by atoms with E-state index in [4.69, 9.17) is 9.47 Å². The van der Waals surface area contributed by atoms with Gasteiger partial charge >= 0.3 is 0 Å². The Balaban J connectivity index is 1.18. The number of methoxy groups -OCH3 is 2. The van der Waals surface area contributed by atoms with E-state index in [1.165, 1.54) is 21.9 Å². The third-order valence-corrected chi connectivity index (χ3v) is 7.57. The second-order valence-corrected chi connectivity index (χ2v) is 10.1. The predicted molar refractivity (Wildman–Crippen MR) is 159 cm³/mol. The van der Waals surface area contributed by atoms with Crippen molar-refractivity contribution in [1.29, 1.82) is 0 Å². The lowest BCUT2D eigenvalue weighted by Gasteiger charge is -2.40. The summed E-state index contributed by atoms with van der Waals surface area (Å²) >= 11 is 0. The monoisotopic (exact) mass is 552 g/mol. The van der Waals surface area contributed by atoms with Crippen LogP contribution in [0.4, 0.5) is 0 Å². The zero-order valence-electron chi connectivity index (χ0n) is 23.6.